The number of anilines is 4. The first-order valence-corrected chi connectivity index (χ1v) is 18.3. The van der Waals surface area contributed by atoms with E-state index in [1.165, 1.54) is 0 Å². The Balaban J connectivity index is 0.00000562. The maximum absolute atomic E-state index is 9.04. The largest absolute Gasteiger partial charge is 0.493 e. The first-order chi connectivity index (χ1) is 31.6. The summed E-state index contributed by atoms with van der Waals surface area (Å²) < 4.78 is 89.3. The number of aryl methyl sites for hydroxylation is 1. The third-order valence-corrected chi connectivity index (χ3v) is 10.5. The summed E-state index contributed by atoms with van der Waals surface area (Å²) in [7, 11) is 0. The summed E-state index contributed by atoms with van der Waals surface area (Å²) in [5, 5.41) is 2.15. The number of hydrogen-bond acceptors (Lipinski definition) is 3. The van der Waals surface area contributed by atoms with Gasteiger partial charge in [-0.1, -0.05) is 141 Å². The molecule has 0 bridgehead atoms. The van der Waals surface area contributed by atoms with E-state index in [4.69, 9.17) is 18.7 Å². The van der Waals surface area contributed by atoms with Crippen LogP contribution in [-0.4, -0.2) is 9.55 Å². The number of aromatic nitrogens is 2. The van der Waals surface area contributed by atoms with Crippen molar-refractivity contribution in [2.75, 3.05) is 9.80 Å². The molecule has 1 aliphatic heterocycles. The van der Waals surface area contributed by atoms with Gasteiger partial charge in [-0.15, -0.1) is 23.8 Å². The minimum atomic E-state index is -0.624. The molecule has 1 aliphatic rings. The van der Waals surface area contributed by atoms with Crippen LogP contribution in [0.3, 0.4) is 0 Å². The Morgan fingerprint density at radius 1 is 0.632 bits per heavy atom. The number of nitrogens with zero attached hydrogens (tertiary/aromatic N) is 4. The predicted octanol–water partition coefficient (Wildman–Crippen LogP) is 13.2. The van der Waals surface area contributed by atoms with Crippen LogP contribution in [0.1, 0.15) is 44.2 Å². The fourth-order valence-corrected chi connectivity index (χ4v) is 7.75. The number of pyridine rings is 1. The van der Waals surface area contributed by atoms with Crippen LogP contribution < -0.4 is 9.80 Å². The van der Waals surface area contributed by atoms with E-state index < -0.39 is 65.8 Å². The summed E-state index contributed by atoms with van der Waals surface area (Å²) in [6.45, 7) is 8.12. The van der Waals surface area contributed by atoms with E-state index >= 15 is 0 Å². The fraction of sp³-hybridized carbons (Fsp3) is 0.0769. The van der Waals surface area contributed by atoms with E-state index in [0.29, 0.717) is 11.4 Å². The van der Waals surface area contributed by atoms with Gasteiger partial charge in [0.2, 0.25) is 0 Å². The monoisotopic (exact) mass is 924 g/mol. The molecule has 3 heterocycles. The van der Waals surface area contributed by atoms with Crippen LogP contribution in [-0.2, 0) is 26.5 Å². The molecule has 2 aromatic heterocycles. The van der Waals surface area contributed by atoms with Crippen LogP contribution in [0.5, 0.6) is 0 Å². The Morgan fingerprint density at radius 2 is 1.28 bits per heavy atom. The van der Waals surface area contributed by atoms with Crippen LogP contribution in [0.15, 0.2) is 176 Å². The molecule has 0 saturated carbocycles. The Kier molecular flexibility index (Phi) is 6.86. The molecule has 0 radical (unpaired) electrons. The van der Waals surface area contributed by atoms with Gasteiger partial charge < -0.3 is 14.4 Å². The third kappa shape index (κ3) is 6.26. The number of para-hydroxylation sites is 4. The van der Waals surface area contributed by atoms with Crippen molar-refractivity contribution < 1.29 is 34.8 Å². The van der Waals surface area contributed by atoms with E-state index in [2.05, 4.69) is 60.9 Å². The third-order valence-electron chi connectivity index (χ3n) is 10.5. The molecule has 10 rings (SSSR count). The van der Waals surface area contributed by atoms with Crippen molar-refractivity contribution in [1.82, 2.24) is 9.55 Å². The van der Waals surface area contributed by atoms with Crippen molar-refractivity contribution in [1.29, 1.82) is 0 Å². The van der Waals surface area contributed by atoms with Crippen molar-refractivity contribution in [3.8, 4) is 28.1 Å². The molecule has 0 aliphatic carbocycles. The van der Waals surface area contributed by atoms with Crippen molar-refractivity contribution in [3.63, 3.8) is 0 Å². The first-order valence-electron chi connectivity index (χ1n) is 23.3. The maximum Gasteiger partial charge on any atom is 0.135 e. The van der Waals surface area contributed by atoms with Gasteiger partial charge in [0.05, 0.1) is 13.7 Å². The summed E-state index contributed by atoms with van der Waals surface area (Å²) in [6.07, 6.45) is 1.78. The predicted molar refractivity (Wildman–Crippen MR) is 232 cm³/mol. The quantitative estimate of drug-likeness (QED) is 0.149. The minimum absolute atomic E-state index is 0. The Labute approximate surface area is 363 Å². The fourth-order valence-electron chi connectivity index (χ4n) is 7.75. The average molecular weight is 925 g/mol. The standard InChI is InChI=1S/C52H39N4.Pt/c1-36-31-40(52(2,3)39-28-29-45-44-21-10-11-24-46(44)56(49(45)34-39)50-27-14-15-30-53-50)33-41(32-36)54-35-55(48-26-13-12-25-47(48)54)51-42(37-17-6-4-7-18-37)22-16-23-43(51)38-19-8-5-9-20-38;/h4-32,35H,1-3H3;/q-3;/i4D,5D,6D,7D,8D,9D,17D,18D,19D,20D;. The molecule has 57 heavy (non-hydrogen) atoms. The van der Waals surface area contributed by atoms with E-state index in [1.807, 2.05) is 79.2 Å². The van der Waals surface area contributed by atoms with Crippen molar-refractivity contribution >= 4 is 44.6 Å². The van der Waals surface area contributed by atoms with Gasteiger partial charge in [0.1, 0.15) is 5.82 Å². The van der Waals surface area contributed by atoms with E-state index in [1.54, 1.807) is 29.3 Å². The molecule has 0 amide bonds. The molecule has 280 valence electrons. The van der Waals surface area contributed by atoms with Gasteiger partial charge in [0.25, 0.3) is 0 Å². The van der Waals surface area contributed by atoms with Gasteiger partial charge in [-0.05, 0) is 52.3 Å². The van der Waals surface area contributed by atoms with Crippen molar-refractivity contribution in [3.05, 3.63) is 211 Å². The van der Waals surface area contributed by atoms with Gasteiger partial charge in [-0.2, -0.15) is 47.0 Å². The van der Waals surface area contributed by atoms with Crippen LogP contribution in [0, 0.1) is 25.7 Å². The van der Waals surface area contributed by atoms with Gasteiger partial charge in [0, 0.05) is 61.0 Å². The second-order valence-corrected chi connectivity index (χ2v) is 14.3. The molecule has 0 atom stereocenters. The molecule has 0 N–H and O–H groups in total. The molecule has 7 aromatic carbocycles. The number of fused-ring (bicyclic) bond motifs is 4. The molecular weight excluding hydrogens is 876 g/mol. The van der Waals surface area contributed by atoms with Gasteiger partial charge in [-0.3, -0.25) is 0 Å². The summed E-state index contributed by atoms with van der Waals surface area (Å²) in [4.78, 5) is 8.46. The summed E-state index contributed by atoms with van der Waals surface area (Å²) >= 11 is 0. The van der Waals surface area contributed by atoms with E-state index in [9.17, 15) is 0 Å². The molecule has 0 fully saturated rings. The second-order valence-electron chi connectivity index (χ2n) is 14.3. The molecule has 0 unspecified atom stereocenters. The van der Waals surface area contributed by atoms with Gasteiger partial charge in [-0.25, -0.2) is 4.98 Å². The van der Waals surface area contributed by atoms with Gasteiger partial charge in [0.15, 0.2) is 0 Å². The summed E-state index contributed by atoms with van der Waals surface area (Å²) in [6, 6.07) is 37.4. The minimum Gasteiger partial charge on any atom is -0.493 e. The average Bonchev–Trinajstić information content (AvgIpc) is 3.88. The van der Waals surface area contributed by atoms with Crippen LogP contribution in [0.2, 0.25) is 0 Å². The number of hydrogen-bond donors (Lipinski definition) is 0. The topological polar surface area (TPSA) is 24.3 Å². The SMILES string of the molecule is [2H]c1c([2H])c([2H])c(-c2cccc(-c3c([2H])c([2H])c([2H])c([2H])c3[2H])c2N2[CH-]N(c3[c-]c(C(C)(C)c4[c-]c5c(cc4)c4ccccc4n5-c4ccccn4)cc(C)c3)c3ccccc32)c([2H])c1[2H].[Pt]. The Morgan fingerprint density at radius 3 is 1.96 bits per heavy atom. The second kappa shape index (κ2) is 14.7. The summed E-state index contributed by atoms with van der Waals surface area (Å²) in [5.74, 6) is 0.787. The smallest absolute Gasteiger partial charge is 0.135 e. The van der Waals surface area contributed by atoms with Gasteiger partial charge >= 0.3 is 0 Å². The normalized spacial score (nSPS) is 15.0. The Hall–Kier alpha value is -6.22. The van der Waals surface area contributed by atoms with Crippen LogP contribution >= 0.6 is 0 Å². The first kappa shape index (κ1) is 26.6. The summed E-state index contributed by atoms with van der Waals surface area (Å²) in [5.41, 5.74) is 6.57. The van der Waals surface area contributed by atoms with E-state index in [0.717, 1.165) is 50.0 Å². The molecule has 5 heteroatoms. The molecular formula is C52H39N4Pt-3. The zero-order valence-corrected chi connectivity index (χ0v) is 33.4. The molecule has 0 spiro atoms. The molecule has 9 aromatic rings. The number of rotatable bonds is 7. The number of benzene rings is 7. The zero-order valence-electron chi connectivity index (χ0n) is 41.2. The molecule has 0 saturated heterocycles. The van der Waals surface area contributed by atoms with Crippen LogP contribution in [0.25, 0.3) is 49.9 Å². The van der Waals surface area contributed by atoms with E-state index in [-0.39, 0.29) is 49.0 Å². The van der Waals surface area contributed by atoms with Crippen LogP contribution in [0.4, 0.5) is 22.7 Å². The maximum atomic E-state index is 9.04. The van der Waals surface area contributed by atoms with Crippen molar-refractivity contribution in [2.24, 2.45) is 0 Å². The Bertz CT molecular complexity index is 3340. The van der Waals surface area contributed by atoms with Crippen molar-refractivity contribution in [2.45, 2.75) is 26.2 Å². The zero-order chi connectivity index (χ0) is 46.5. The molecule has 4 nitrogen and oxygen atoms in total.